The van der Waals surface area contributed by atoms with Crippen molar-refractivity contribution in [3.8, 4) is 0 Å². The van der Waals surface area contributed by atoms with E-state index >= 15 is 0 Å². The number of carbonyl (C=O) groups excluding carboxylic acids is 2. The minimum absolute atomic E-state index is 0.0670. The lowest BCUT2D eigenvalue weighted by molar-refractivity contribution is -0.384. The van der Waals surface area contributed by atoms with Crippen molar-refractivity contribution in [1.29, 1.82) is 0 Å². The average Bonchev–Trinajstić information content (AvgIpc) is 2.68. The fourth-order valence-electron chi connectivity index (χ4n) is 3.87. The molecule has 2 aromatic rings. The molecule has 0 aromatic heterocycles. The highest BCUT2D eigenvalue weighted by molar-refractivity contribution is 9.10. The third-order valence-electron chi connectivity index (χ3n) is 5.33. The molecule has 0 spiro atoms. The lowest BCUT2D eigenvalue weighted by Crippen LogP contribution is -2.29. The van der Waals surface area contributed by atoms with Crippen molar-refractivity contribution < 1.29 is 14.5 Å². The van der Waals surface area contributed by atoms with Crippen LogP contribution in [0.5, 0.6) is 0 Å². The number of nitro groups is 1. The summed E-state index contributed by atoms with van der Waals surface area (Å²) in [6.07, 6.45) is 3.53. The Balaban J connectivity index is 1.79. The SMILES string of the molecule is O=C1c2ccc([N+](=O)[O-])cc2C(=O)c2c(NC3CCC(Cl)CC3)ccc(Br)c21. The molecule has 1 saturated carbocycles. The van der Waals surface area contributed by atoms with E-state index in [1.807, 2.05) is 0 Å². The molecule has 0 bridgehead atoms. The van der Waals surface area contributed by atoms with Gasteiger partial charge in [0.1, 0.15) is 0 Å². The Kier molecular flexibility index (Phi) is 4.97. The van der Waals surface area contributed by atoms with Gasteiger partial charge in [-0.1, -0.05) is 15.9 Å². The smallest absolute Gasteiger partial charge is 0.270 e. The lowest BCUT2D eigenvalue weighted by Gasteiger charge is -2.29. The predicted octanol–water partition coefficient (Wildman–Crippen LogP) is 5.09. The van der Waals surface area contributed by atoms with Crippen molar-refractivity contribution >= 4 is 50.5 Å². The topological polar surface area (TPSA) is 89.3 Å². The van der Waals surface area contributed by atoms with Crippen LogP contribution < -0.4 is 5.32 Å². The van der Waals surface area contributed by atoms with Gasteiger partial charge in [0.2, 0.25) is 0 Å². The van der Waals surface area contributed by atoms with E-state index in [1.54, 1.807) is 12.1 Å². The predicted molar refractivity (Wildman–Crippen MR) is 110 cm³/mol. The third-order valence-corrected chi connectivity index (χ3v) is 6.43. The van der Waals surface area contributed by atoms with E-state index < -0.39 is 4.92 Å². The second kappa shape index (κ2) is 7.29. The number of nitro benzene ring substituents is 1. The maximum absolute atomic E-state index is 13.2. The highest BCUT2D eigenvalue weighted by Gasteiger charge is 2.35. The fraction of sp³-hybridized carbons (Fsp3) is 0.300. The van der Waals surface area contributed by atoms with E-state index in [1.165, 1.54) is 18.2 Å². The number of carbonyl (C=O) groups is 2. The molecule has 0 unspecified atom stereocenters. The van der Waals surface area contributed by atoms with Gasteiger partial charge < -0.3 is 5.32 Å². The summed E-state index contributed by atoms with van der Waals surface area (Å²) in [5.41, 5.74) is 1.17. The number of ketones is 2. The van der Waals surface area contributed by atoms with E-state index in [4.69, 9.17) is 11.6 Å². The second-order valence-corrected chi connectivity index (χ2v) is 8.55. The number of nitrogens with zero attached hydrogens (tertiary/aromatic N) is 1. The van der Waals surface area contributed by atoms with Gasteiger partial charge in [0.05, 0.1) is 10.5 Å². The molecule has 144 valence electrons. The summed E-state index contributed by atoms with van der Waals surface area (Å²) in [7, 11) is 0. The lowest BCUT2D eigenvalue weighted by atomic mass is 9.82. The Morgan fingerprint density at radius 3 is 2.36 bits per heavy atom. The second-order valence-electron chi connectivity index (χ2n) is 7.08. The van der Waals surface area contributed by atoms with Gasteiger partial charge in [-0.2, -0.15) is 0 Å². The van der Waals surface area contributed by atoms with Gasteiger partial charge in [0, 0.05) is 50.4 Å². The van der Waals surface area contributed by atoms with Crippen molar-refractivity contribution in [3.63, 3.8) is 0 Å². The highest BCUT2D eigenvalue weighted by atomic mass is 79.9. The van der Waals surface area contributed by atoms with Gasteiger partial charge in [-0.3, -0.25) is 19.7 Å². The summed E-state index contributed by atoms with van der Waals surface area (Å²) < 4.78 is 0.528. The zero-order valence-electron chi connectivity index (χ0n) is 14.7. The summed E-state index contributed by atoms with van der Waals surface area (Å²) in [5, 5.41) is 14.7. The first-order valence-corrected chi connectivity index (χ1v) is 10.2. The molecular formula is C20H16BrClN2O4. The summed E-state index contributed by atoms with van der Waals surface area (Å²) in [4.78, 5) is 36.8. The molecule has 2 aromatic carbocycles. The molecule has 0 aliphatic heterocycles. The Bertz CT molecular complexity index is 1020. The van der Waals surface area contributed by atoms with E-state index in [2.05, 4.69) is 21.2 Å². The van der Waals surface area contributed by atoms with E-state index in [9.17, 15) is 19.7 Å². The molecule has 6 nitrogen and oxygen atoms in total. The molecule has 2 aliphatic carbocycles. The van der Waals surface area contributed by atoms with Crippen LogP contribution in [0.3, 0.4) is 0 Å². The number of alkyl halides is 1. The standard InChI is InChI=1S/C20H16BrClN2O4/c21-15-7-8-16(23-11-3-1-10(22)2-4-11)18-17(15)19(25)13-6-5-12(24(27)28)9-14(13)20(18)26/h5-11,23H,1-4H2. The Labute approximate surface area is 174 Å². The number of rotatable bonds is 3. The van der Waals surface area contributed by atoms with Crippen LogP contribution in [-0.2, 0) is 0 Å². The molecule has 28 heavy (non-hydrogen) atoms. The molecule has 0 atom stereocenters. The maximum atomic E-state index is 13.2. The minimum atomic E-state index is -0.571. The summed E-state index contributed by atoms with van der Waals surface area (Å²) in [6.45, 7) is 0. The number of benzene rings is 2. The number of halogens is 2. The van der Waals surface area contributed by atoms with Crippen molar-refractivity contribution in [3.05, 3.63) is 67.2 Å². The average molecular weight is 464 g/mol. The van der Waals surface area contributed by atoms with E-state index in [-0.39, 0.29) is 45.4 Å². The molecular weight excluding hydrogens is 448 g/mol. The van der Waals surface area contributed by atoms with Gasteiger partial charge in [-0.25, -0.2) is 0 Å². The van der Waals surface area contributed by atoms with Crippen LogP contribution in [0.2, 0.25) is 0 Å². The third kappa shape index (κ3) is 3.22. The molecule has 4 rings (SSSR count). The molecule has 2 aliphatic rings. The van der Waals surface area contributed by atoms with Crippen molar-refractivity contribution in [2.45, 2.75) is 37.1 Å². The number of anilines is 1. The van der Waals surface area contributed by atoms with E-state index in [0.29, 0.717) is 15.7 Å². The molecule has 0 radical (unpaired) electrons. The number of fused-ring (bicyclic) bond motifs is 2. The zero-order chi connectivity index (χ0) is 20.0. The zero-order valence-corrected chi connectivity index (χ0v) is 17.0. The summed E-state index contributed by atoms with van der Waals surface area (Å²) in [6, 6.07) is 7.45. The van der Waals surface area contributed by atoms with Crippen LogP contribution >= 0.6 is 27.5 Å². The van der Waals surface area contributed by atoms with Crippen LogP contribution in [0.25, 0.3) is 0 Å². The van der Waals surface area contributed by atoms with Crippen LogP contribution in [0.4, 0.5) is 11.4 Å². The fourth-order valence-corrected chi connectivity index (χ4v) is 4.64. The normalized spacial score (nSPS) is 21.1. The Morgan fingerprint density at radius 2 is 1.68 bits per heavy atom. The van der Waals surface area contributed by atoms with Crippen molar-refractivity contribution in [1.82, 2.24) is 0 Å². The van der Waals surface area contributed by atoms with Crippen molar-refractivity contribution in [2.75, 3.05) is 5.32 Å². The summed E-state index contributed by atoms with van der Waals surface area (Å²) in [5.74, 6) is -0.706. The summed E-state index contributed by atoms with van der Waals surface area (Å²) >= 11 is 9.55. The Hall–Kier alpha value is -2.25. The quantitative estimate of drug-likeness (QED) is 0.332. The van der Waals surface area contributed by atoms with Crippen LogP contribution in [0, 0.1) is 10.1 Å². The molecule has 1 fully saturated rings. The number of hydrogen-bond donors (Lipinski definition) is 1. The first kappa shape index (κ1) is 19.1. The number of non-ortho nitro benzene ring substituents is 1. The first-order chi connectivity index (χ1) is 13.4. The Morgan fingerprint density at radius 1 is 1.00 bits per heavy atom. The first-order valence-electron chi connectivity index (χ1n) is 8.97. The monoisotopic (exact) mass is 462 g/mol. The molecule has 1 N–H and O–H groups in total. The van der Waals surface area contributed by atoms with Gasteiger partial charge >= 0.3 is 0 Å². The maximum Gasteiger partial charge on any atom is 0.270 e. The van der Waals surface area contributed by atoms with Crippen LogP contribution in [-0.4, -0.2) is 27.9 Å². The largest absolute Gasteiger partial charge is 0.382 e. The number of hydrogen-bond acceptors (Lipinski definition) is 5. The highest BCUT2D eigenvalue weighted by Crippen LogP contribution is 2.38. The van der Waals surface area contributed by atoms with Crippen LogP contribution in [0.1, 0.15) is 57.5 Å². The molecule has 0 saturated heterocycles. The minimum Gasteiger partial charge on any atom is -0.382 e. The molecule has 0 amide bonds. The molecule has 0 heterocycles. The number of nitrogens with one attached hydrogen (secondary N) is 1. The van der Waals surface area contributed by atoms with Gasteiger partial charge in [0.15, 0.2) is 11.6 Å². The van der Waals surface area contributed by atoms with Crippen LogP contribution in [0.15, 0.2) is 34.8 Å². The van der Waals surface area contributed by atoms with Gasteiger partial charge in [0.25, 0.3) is 5.69 Å². The molecule has 8 heteroatoms. The van der Waals surface area contributed by atoms with Gasteiger partial charge in [-0.05, 0) is 43.9 Å². The van der Waals surface area contributed by atoms with Crippen molar-refractivity contribution in [2.24, 2.45) is 0 Å². The van der Waals surface area contributed by atoms with E-state index in [0.717, 1.165) is 25.7 Å². The van der Waals surface area contributed by atoms with Gasteiger partial charge in [-0.15, -0.1) is 11.6 Å².